The molecule has 1 aliphatic heterocycles. The number of hydrogen-bond donors (Lipinski definition) is 2. The van der Waals surface area contributed by atoms with E-state index >= 15 is 0 Å². The van der Waals surface area contributed by atoms with Gasteiger partial charge in [-0.15, -0.1) is 0 Å². The highest BCUT2D eigenvalue weighted by Crippen LogP contribution is 2.29. The largest absolute Gasteiger partial charge is 0.377 e. The molecule has 2 N–H and O–H groups in total. The van der Waals surface area contributed by atoms with Crippen LogP contribution in [0.1, 0.15) is 19.8 Å². The van der Waals surface area contributed by atoms with E-state index in [-0.39, 0.29) is 34.8 Å². The molecule has 1 aliphatic rings. The van der Waals surface area contributed by atoms with Crippen LogP contribution in [0.2, 0.25) is 0 Å². The summed E-state index contributed by atoms with van der Waals surface area (Å²) in [6, 6.07) is 3.84. The van der Waals surface area contributed by atoms with E-state index in [4.69, 9.17) is 0 Å². The van der Waals surface area contributed by atoms with Crippen LogP contribution in [-0.2, 0) is 14.8 Å². The van der Waals surface area contributed by atoms with E-state index in [0.717, 1.165) is 6.07 Å². The molecule has 0 atom stereocenters. The Bertz CT molecular complexity index is 819. The lowest BCUT2D eigenvalue weighted by Crippen LogP contribution is -2.41. The van der Waals surface area contributed by atoms with Crippen LogP contribution in [-0.4, -0.2) is 75.4 Å². The Morgan fingerprint density at radius 1 is 1.32 bits per heavy atom. The van der Waals surface area contributed by atoms with Gasteiger partial charge in [-0.1, -0.05) is 0 Å². The second kappa shape index (κ2) is 9.30. The molecule has 1 heterocycles. The lowest BCUT2D eigenvalue weighted by atomic mass is 10.0. The zero-order valence-corrected chi connectivity index (χ0v) is 17.2. The molecule has 1 amide bonds. The van der Waals surface area contributed by atoms with Crippen molar-refractivity contribution in [1.29, 1.82) is 0 Å². The molecule has 0 bridgehead atoms. The molecule has 1 saturated heterocycles. The molecule has 1 aromatic carbocycles. The molecular formula is C17H27N5O5S. The maximum absolute atomic E-state index is 12.4. The third kappa shape index (κ3) is 5.88. The molecule has 28 heavy (non-hydrogen) atoms. The second-order valence-electron chi connectivity index (χ2n) is 7.06. The van der Waals surface area contributed by atoms with Crippen LogP contribution >= 0.6 is 0 Å². The molecule has 0 saturated carbocycles. The molecular weight excluding hydrogens is 386 g/mol. The van der Waals surface area contributed by atoms with Crippen LogP contribution in [0.5, 0.6) is 0 Å². The number of nitrogens with zero attached hydrogens (tertiary/aromatic N) is 3. The van der Waals surface area contributed by atoms with Crippen LogP contribution in [0.25, 0.3) is 0 Å². The molecule has 0 aliphatic carbocycles. The molecule has 10 nitrogen and oxygen atoms in total. The van der Waals surface area contributed by atoms with Gasteiger partial charge in [0.15, 0.2) is 0 Å². The number of carbonyl (C=O) groups is 1. The van der Waals surface area contributed by atoms with Crippen LogP contribution < -0.4 is 10.0 Å². The van der Waals surface area contributed by atoms with Crippen LogP contribution in [0.15, 0.2) is 23.1 Å². The Labute approximate surface area is 165 Å². The summed E-state index contributed by atoms with van der Waals surface area (Å²) in [6.07, 6.45) is 1.34. The van der Waals surface area contributed by atoms with Crippen molar-refractivity contribution in [3.05, 3.63) is 28.3 Å². The SMILES string of the molecule is CC(=O)N1CCC(Nc2ccc(S(=O)(=O)NCCN(C)C)cc2[N+](=O)[O-])CC1. The van der Waals surface area contributed by atoms with E-state index in [1.54, 1.807) is 4.90 Å². The number of likely N-dealkylation sites (N-methyl/N-ethyl adjacent to an activating group) is 1. The Hall–Kier alpha value is -2.24. The Balaban J connectivity index is 2.13. The van der Waals surface area contributed by atoms with E-state index in [0.29, 0.717) is 32.5 Å². The van der Waals surface area contributed by atoms with Gasteiger partial charge in [0.2, 0.25) is 15.9 Å². The van der Waals surface area contributed by atoms with Gasteiger partial charge in [-0.05, 0) is 39.1 Å². The maximum Gasteiger partial charge on any atom is 0.293 e. The number of carbonyl (C=O) groups excluding carboxylic acids is 1. The van der Waals surface area contributed by atoms with Crippen molar-refractivity contribution in [3.63, 3.8) is 0 Å². The zero-order valence-electron chi connectivity index (χ0n) is 16.3. The number of sulfonamides is 1. The molecule has 0 unspecified atom stereocenters. The normalized spacial score (nSPS) is 15.6. The van der Waals surface area contributed by atoms with Gasteiger partial charge in [0, 0.05) is 45.2 Å². The van der Waals surface area contributed by atoms with Crippen molar-refractivity contribution in [1.82, 2.24) is 14.5 Å². The van der Waals surface area contributed by atoms with E-state index in [1.165, 1.54) is 19.1 Å². The summed E-state index contributed by atoms with van der Waals surface area (Å²) in [5.74, 6) is 0.0146. The summed E-state index contributed by atoms with van der Waals surface area (Å²) >= 11 is 0. The second-order valence-corrected chi connectivity index (χ2v) is 8.83. The molecule has 11 heteroatoms. The zero-order chi connectivity index (χ0) is 20.9. The average Bonchev–Trinajstić information content (AvgIpc) is 2.61. The fourth-order valence-corrected chi connectivity index (χ4v) is 4.04. The van der Waals surface area contributed by atoms with Gasteiger partial charge in [-0.25, -0.2) is 13.1 Å². The van der Waals surface area contributed by atoms with Gasteiger partial charge in [-0.3, -0.25) is 14.9 Å². The van der Waals surface area contributed by atoms with Gasteiger partial charge in [0.25, 0.3) is 5.69 Å². The van der Waals surface area contributed by atoms with Crippen molar-refractivity contribution in [2.75, 3.05) is 45.6 Å². The number of nitro groups is 1. The summed E-state index contributed by atoms with van der Waals surface area (Å²) in [7, 11) is -0.192. The van der Waals surface area contributed by atoms with E-state index in [1.807, 2.05) is 19.0 Å². The molecule has 2 rings (SSSR count). The predicted molar refractivity (Wildman–Crippen MR) is 106 cm³/mol. The third-order valence-corrected chi connectivity index (χ3v) is 6.09. The first-order chi connectivity index (χ1) is 13.1. The first-order valence-corrected chi connectivity index (χ1v) is 10.5. The van der Waals surface area contributed by atoms with Gasteiger partial charge in [0.05, 0.1) is 9.82 Å². The number of rotatable bonds is 8. The fourth-order valence-electron chi connectivity index (χ4n) is 3.00. The Morgan fingerprint density at radius 3 is 2.50 bits per heavy atom. The minimum atomic E-state index is -3.83. The number of benzene rings is 1. The number of likely N-dealkylation sites (tertiary alicyclic amines) is 1. The number of hydrogen-bond acceptors (Lipinski definition) is 7. The minimum absolute atomic E-state index is 0.0146. The highest BCUT2D eigenvalue weighted by Gasteiger charge is 2.25. The Morgan fingerprint density at radius 2 is 1.96 bits per heavy atom. The summed E-state index contributed by atoms with van der Waals surface area (Å²) in [5.41, 5.74) is -0.0111. The van der Waals surface area contributed by atoms with Gasteiger partial charge in [0.1, 0.15) is 5.69 Å². The lowest BCUT2D eigenvalue weighted by Gasteiger charge is -2.32. The fraction of sp³-hybridized carbons (Fsp3) is 0.588. The quantitative estimate of drug-likeness (QED) is 0.478. The summed E-state index contributed by atoms with van der Waals surface area (Å²) in [4.78, 5) is 25.7. The number of amides is 1. The smallest absolute Gasteiger partial charge is 0.293 e. The predicted octanol–water partition coefficient (Wildman–Crippen LogP) is 0.858. The average molecular weight is 414 g/mol. The monoisotopic (exact) mass is 413 g/mol. The topological polar surface area (TPSA) is 125 Å². The van der Waals surface area contributed by atoms with Crippen molar-refractivity contribution in [3.8, 4) is 0 Å². The molecule has 0 aromatic heterocycles. The molecule has 0 spiro atoms. The van der Waals surface area contributed by atoms with Gasteiger partial charge < -0.3 is 15.1 Å². The van der Waals surface area contributed by atoms with Gasteiger partial charge in [-0.2, -0.15) is 0 Å². The summed E-state index contributed by atoms with van der Waals surface area (Å²) < 4.78 is 27.2. The van der Waals surface area contributed by atoms with Gasteiger partial charge >= 0.3 is 0 Å². The molecule has 1 fully saturated rings. The number of nitro benzene ring substituents is 1. The number of piperidine rings is 1. The molecule has 1 aromatic rings. The van der Waals surface area contributed by atoms with Crippen molar-refractivity contribution >= 4 is 27.3 Å². The maximum atomic E-state index is 12.4. The van der Waals surface area contributed by atoms with Crippen molar-refractivity contribution < 1.29 is 18.1 Å². The van der Waals surface area contributed by atoms with Crippen LogP contribution in [0.4, 0.5) is 11.4 Å². The first kappa shape index (κ1) is 22.1. The third-order valence-electron chi connectivity index (χ3n) is 4.63. The van der Waals surface area contributed by atoms with Crippen LogP contribution in [0, 0.1) is 10.1 Å². The Kier molecular flexibility index (Phi) is 7.33. The first-order valence-electron chi connectivity index (χ1n) is 9.05. The number of nitrogens with one attached hydrogen (secondary N) is 2. The summed E-state index contributed by atoms with van der Waals surface area (Å²) in [5, 5.41) is 14.6. The highest BCUT2D eigenvalue weighted by molar-refractivity contribution is 7.89. The van der Waals surface area contributed by atoms with Crippen molar-refractivity contribution in [2.24, 2.45) is 0 Å². The summed E-state index contributed by atoms with van der Waals surface area (Å²) in [6.45, 7) is 3.41. The molecule has 0 radical (unpaired) electrons. The van der Waals surface area contributed by atoms with E-state index in [9.17, 15) is 23.3 Å². The highest BCUT2D eigenvalue weighted by atomic mass is 32.2. The number of anilines is 1. The van der Waals surface area contributed by atoms with E-state index in [2.05, 4.69) is 10.0 Å². The molecule has 156 valence electrons. The standard InChI is InChI=1S/C17H27N5O5S/c1-13(23)21-9-6-14(7-10-21)19-16-5-4-15(12-17(16)22(24)25)28(26,27)18-8-11-20(2)3/h4-5,12,14,18-19H,6-11H2,1-3H3. The van der Waals surface area contributed by atoms with E-state index < -0.39 is 14.9 Å². The minimum Gasteiger partial charge on any atom is -0.377 e. The van der Waals surface area contributed by atoms with Crippen molar-refractivity contribution in [2.45, 2.75) is 30.7 Å². The van der Waals surface area contributed by atoms with Crippen LogP contribution in [0.3, 0.4) is 0 Å². The lowest BCUT2D eigenvalue weighted by molar-refractivity contribution is -0.384.